The molecule has 0 radical (unpaired) electrons. The van der Waals surface area contributed by atoms with Gasteiger partial charge in [-0.15, -0.1) is 24.0 Å². The third kappa shape index (κ3) is 7.35. The molecule has 1 aromatic heterocycles. The van der Waals surface area contributed by atoms with Crippen LogP contribution in [0.1, 0.15) is 63.0 Å². The van der Waals surface area contributed by atoms with Crippen LogP contribution >= 0.6 is 24.0 Å². The monoisotopic (exact) mass is 470 g/mol. The largest absolute Gasteiger partial charge is 0.359 e. The minimum Gasteiger partial charge on any atom is -0.359 e. The number of hydrogen-bond donors (Lipinski definition) is 2. The van der Waals surface area contributed by atoms with E-state index in [9.17, 15) is 0 Å². The Morgan fingerprint density at radius 1 is 1.15 bits per heavy atom. The fourth-order valence-corrected chi connectivity index (χ4v) is 2.53. The topological polar surface area (TPSA) is 62.5 Å². The standard InChI is InChI=1S/C20H30N4O.HI/c1-5-21-20(23-14-18-13-19(15(2)3)24-25-18)22-12-11-16(4)17-9-7-6-8-10-17;/h6-10,13,15-16H,5,11-12,14H2,1-4H3,(H2,21,22,23);1H. The van der Waals surface area contributed by atoms with E-state index in [1.54, 1.807) is 0 Å². The Morgan fingerprint density at radius 2 is 1.88 bits per heavy atom. The molecule has 1 unspecified atom stereocenters. The first-order valence-corrected chi connectivity index (χ1v) is 9.12. The molecule has 6 heteroatoms. The van der Waals surface area contributed by atoms with Crippen molar-refractivity contribution in [1.29, 1.82) is 0 Å². The zero-order valence-corrected chi connectivity index (χ0v) is 18.5. The van der Waals surface area contributed by atoms with Gasteiger partial charge in [0, 0.05) is 19.2 Å². The minimum atomic E-state index is 0. The Morgan fingerprint density at radius 3 is 2.50 bits per heavy atom. The minimum absolute atomic E-state index is 0. The predicted molar refractivity (Wildman–Crippen MR) is 118 cm³/mol. The molecule has 26 heavy (non-hydrogen) atoms. The van der Waals surface area contributed by atoms with E-state index in [2.05, 4.69) is 78.8 Å². The van der Waals surface area contributed by atoms with E-state index in [0.29, 0.717) is 18.4 Å². The van der Waals surface area contributed by atoms with E-state index < -0.39 is 0 Å². The summed E-state index contributed by atoms with van der Waals surface area (Å²) in [6, 6.07) is 12.6. The molecule has 2 N–H and O–H groups in total. The number of aliphatic imine (C=N–C) groups is 1. The lowest BCUT2D eigenvalue weighted by molar-refractivity contribution is 0.376. The van der Waals surface area contributed by atoms with Crippen LogP contribution in [0.2, 0.25) is 0 Å². The van der Waals surface area contributed by atoms with Crippen LogP contribution in [0.4, 0.5) is 0 Å². The van der Waals surface area contributed by atoms with Crippen molar-refractivity contribution in [2.45, 2.75) is 52.5 Å². The number of benzene rings is 1. The summed E-state index contributed by atoms with van der Waals surface area (Å²) in [4.78, 5) is 4.59. The van der Waals surface area contributed by atoms with Crippen LogP contribution in [-0.2, 0) is 6.54 Å². The van der Waals surface area contributed by atoms with Gasteiger partial charge in [-0.05, 0) is 30.7 Å². The van der Waals surface area contributed by atoms with Crippen LogP contribution < -0.4 is 10.6 Å². The summed E-state index contributed by atoms with van der Waals surface area (Å²) in [5, 5.41) is 10.7. The highest BCUT2D eigenvalue weighted by Gasteiger charge is 2.08. The molecule has 0 aliphatic heterocycles. The molecule has 144 valence electrons. The second-order valence-electron chi connectivity index (χ2n) is 6.60. The summed E-state index contributed by atoms with van der Waals surface area (Å²) >= 11 is 0. The lowest BCUT2D eigenvalue weighted by Crippen LogP contribution is -2.38. The molecule has 0 fully saturated rings. The highest BCUT2D eigenvalue weighted by atomic mass is 127. The van der Waals surface area contributed by atoms with Gasteiger partial charge in [0.25, 0.3) is 0 Å². The first kappa shape index (κ1) is 22.5. The van der Waals surface area contributed by atoms with Crippen molar-refractivity contribution in [2.24, 2.45) is 4.99 Å². The average molecular weight is 470 g/mol. The van der Waals surface area contributed by atoms with Gasteiger partial charge in [-0.2, -0.15) is 0 Å². The van der Waals surface area contributed by atoms with Crippen LogP contribution in [0.3, 0.4) is 0 Å². The molecule has 0 bridgehead atoms. The maximum absolute atomic E-state index is 5.34. The molecule has 0 aliphatic rings. The van der Waals surface area contributed by atoms with Crippen LogP contribution in [0, 0.1) is 0 Å². The third-order valence-electron chi connectivity index (χ3n) is 4.14. The third-order valence-corrected chi connectivity index (χ3v) is 4.14. The van der Waals surface area contributed by atoms with Gasteiger partial charge >= 0.3 is 0 Å². The zero-order valence-electron chi connectivity index (χ0n) is 16.2. The summed E-state index contributed by atoms with van der Waals surface area (Å²) in [5.74, 6) is 2.48. The highest BCUT2D eigenvalue weighted by molar-refractivity contribution is 14.0. The van der Waals surface area contributed by atoms with E-state index in [1.807, 2.05) is 6.07 Å². The molecule has 0 amide bonds. The molecule has 1 heterocycles. The Labute approximate surface area is 174 Å². The fourth-order valence-electron chi connectivity index (χ4n) is 2.53. The number of guanidine groups is 1. The number of nitrogens with zero attached hydrogens (tertiary/aromatic N) is 2. The highest BCUT2D eigenvalue weighted by Crippen LogP contribution is 2.17. The van der Waals surface area contributed by atoms with E-state index in [0.717, 1.165) is 36.9 Å². The lowest BCUT2D eigenvalue weighted by Gasteiger charge is -2.14. The van der Waals surface area contributed by atoms with Crippen molar-refractivity contribution in [3.63, 3.8) is 0 Å². The molecule has 0 saturated carbocycles. The van der Waals surface area contributed by atoms with E-state index in [4.69, 9.17) is 4.52 Å². The van der Waals surface area contributed by atoms with Gasteiger partial charge in [-0.3, -0.25) is 0 Å². The van der Waals surface area contributed by atoms with Crippen LogP contribution in [0.15, 0.2) is 45.9 Å². The van der Waals surface area contributed by atoms with Crippen molar-refractivity contribution in [3.8, 4) is 0 Å². The molecule has 0 aliphatic carbocycles. The molecular formula is C20H31IN4O. The summed E-state index contributed by atoms with van der Waals surface area (Å²) in [6.07, 6.45) is 1.05. The van der Waals surface area contributed by atoms with Gasteiger partial charge in [0.15, 0.2) is 11.7 Å². The molecular weight excluding hydrogens is 439 g/mol. The summed E-state index contributed by atoms with van der Waals surface area (Å²) in [7, 11) is 0. The average Bonchev–Trinajstić information content (AvgIpc) is 3.09. The number of aromatic nitrogens is 1. The van der Waals surface area contributed by atoms with Gasteiger partial charge in [-0.25, -0.2) is 4.99 Å². The zero-order chi connectivity index (χ0) is 18.1. The van der Waals surface area contributed by atoms with E-state index >= 15 is 0 Å². The van der Waals surface area contributed by atoms with E-state index in [1.165, 1.54) is 5.56 Å². The van der Waals surface area contributed by atoms with Crippen molar-refractivity contribution in [1.82, 2.24) is 15.8 Å². The SMILES string of the molecule is CCNC(=NCc1cc(C(C)C)no1)NCCC(C)c1ccccc1.I. The first-order valence-electron chi connectivity index (χ1n) is 9.12. The number of hydrogen-bond acceptors (Lipinski definition) is 3. The van der Waals surface area contributed by atoms with Crippen molar-refractivity contribution in [3.05, 3.63) is 53.4 Å². The van der Waals surface area contributed by atoms with Crippen molar-refractivity contribution >= 4 is 29.9 Å². The molecule has 2 rings (SSSR count). The molecule has 0 saturated heterocycles. The van der Waals surface area contributed by atoms with Crippen LogP contribution in [0.5, 0.6) is 0 Å². The Hall–Kier alpha value is -1.57. The summed E-state index contributed by atoms with van der Waals surface area (Å²) in [6.45, 7) is 10.7. The quantitative estimate of drug-likeness (QED) is 0.335. The Balaban J connectivity index is 0.00000338. The normalized spacial score (nSPS) is 12.6. The predicted octanol–water partition coefficient (Wildman–Crippen LogP) is 4.66. The number of halogens is 1. The Bertz CT molecular complexity index is 655. The summed E-state index contributed by atoms with van der Waals surface area (Å²) < 4.78 is 5.34. The smallest absolute Gasteiger partial charge is 0.191 e. The maximum atomic E-state index is 5.34. The second kappa shape index (κ2) is 11.9. The van der Waals surface area contributed by atoms with Gasteiger partial charge in [0.1, 0.15) is 6.54 Å². The fraction of sp³-hybridized carbons (Fsp3) is 0.500. The van der Waals surface area contributed by atoms with E-state index in [-0.39, 0.29) is 24.0 Å². The second-order valence-corrected chi connectivity index (χ2v) is 6.60. The number of rotatable bonds is 8. The molecule has 0 spiro atoms. The van der Waals surface area contributed by atoms with Gasteiger partial charge in [0.05, 0.1) is 5.69 Å². The van der Waals surface area contributed by atoms with Crippen LogP contribution in [-0.4, -0.2) is 24.2 Å². The lowest BCUT2D eigenvalue weighted by atomic mass is 9.98. The molecule has 5 nitrogen and oxygen atoms in total. The molecule has 1 atom stereocenters. The summed E-state index contributed by atoms with van der Waals surface area (Å²) in [5.41, 5.74) is 2.34. The van der Waals surface area contributed by atoms with Crippen molar-refractivity contribution < 1.29 is 4.52 Å². The van der Waals surface area contributed by atoms with Gasteiger partial charge in [0.2, 0.25) is 0 Å². The Kier molecular flexibility index (Phi) is 10.3. The first-order chi connectivity index (χ1) is 12.1. The van der Waals surface area contributed by atoms with Crippen molar-refractivity contribution in [2.75, 3.05) is 13.1 Å². The molecule has 1 aromatic carbocycles. The molecule has 2 aromatic rings. The maximum Gasteiger partial charge on any atom is 0.191 e. The number of nitrogens with one attached hydrogen (secondary N) is 2. The van der Waals surface area contributed by atoms with Gasteiger partial charge in [-0.1, -0.05) is 56.3 Å². The van der Waals surface area contributed by atoms with Gasteiger partial charge < -0.3 is 15.2 Å². The van der Waals surface area contributed by atoms with Crippen LogP contribution in [0.25, 0.3) is 0 Å².